The third kappa shape index (κ3) is 49.6. The van der Waals surface area contributed by atoms with Gasteiger partial charge >= 0.3 is 5.97 Å². The Morgan fingerprint density at radius 2 is 0.763 bits per heavy atom. The van der Waals surface area contributed by atoms with E-state index in [0.29, 0.717) is 13.0 Å². The van der Waals surface area contributed by atoms with Crippen LogP contribution in [0, 0.1) is 0 Å². The summed E-state index contributed by atoms with van der Waals surface area (Å²) < 4.78 is 11.2. The van der Waals surface area contributed by atoms with Crippen LogP contribution in [0.4, 0.5) is 0 Å². The van der Waals surface area contributed by atoms with Gasteiger partial charge in [0, 0.05) is 13.0 Å². The molecule has 338 valence electrons. The highest BCUT2D eigenvalue weighted by Gasteiger charge is 2.13. The van der Waals surface area contributed by atoms with Gasteiger partial charge < -0.3 is 14.6 Å². The number of unbranched alkanes of at least 4 members (excludes halogenated alkanes) is 21. The fourth-order valence-electron chi connectivity index (χ4n) is 6.71. The highest BCUT2D eigenvalue weighted by atomic mass is 16.6. The van der Waals surface area contributed by atoms with Gasteiger partial charge in [0.2, 0.25) is 0 Å². The van der Waals surface area contributed by atoms with E-state index in [1.807, 2.05) is 0 Å². The van der Waals surface area contributed by atoms with Crippen molar-refractivity contribution in [2.45, 2.75) is 225 Å². The van der Waals surface area contributed by atoms with E-state index in [1.54, 1.807) is 0 Å². The fourth-order valence-corrected chi connectivity index (χ4v) is 6.71. The monoisotopic (exact) mass is 819 g/mol. The van der Waals surface area contributed by atoms with Crippen molar-refractivity contribution < 1.29 is 19.4 Å². The van der Waals surface area contributed by atoms with E-state index in [4.69, 9.17) is 9.47 Å². The molecule has 0 saturated carbocycles. The average Bonchev–Trinajstić information content (AvgIpc) is 3.24. The Labute approximate surface area is 366 Å². The lowest BCUT2D eigenvalue weighted by molar-refractivity contribution is -0.154. The van der Waals surface area contributed by atoms with Gasteiger partial charge in [-0.1, -0.05) is 214 Å². The van der Waals surface area contributed by atoms with Crippen molar-refractivity contribution in [1.82, 2.24) is 0 Å². The van der Waals surface area contributed by atoms with E-state index in [2.05, 4.69) is 111 Å². The largest absolute Gasteiger partial charge is 0.457 e. The van der Waals surface area contributed by atoms with Crippen molar-refractivity contribution in [1.29, 1.82) is 0 Å². The Bertz CT molecular complexity index is 1090. The summed E-state index contributed by atoms with van der Waals surface area (Å²) in [5.74, 6) is -0.213. The van der Waals surface area contributed by atoms with Crippen molar-refractivity contribution in [3.8, 4) is 0 Å². The van der Waals surface area contributed by atoms with Crippen molar-refractivity contribution in [3.05, 3.63) is 97.2 Å². The molecule has 0 heterocycles. The quantitative estimate of drug-likeness (QED) is 0.0378. The Kier molecular flexibility index (Phi) is 49.1. The molecule has 0 amide bonds. The number of ether oxygens (including phenoxy) is 2. The molecular formula is C55H94O4. The Morgan fingerprint density at radius 1 is 0.424 bits per heavy atom. The number of rotatable bonds is 45. The molecule has 0 aliphatic carbocycles. The average molecular weight is 819 g/mol. The van der Waals surface area contributed by atoms with Gasteiger partial charge in [0.25, 0.3) is 0 Å². The van der Waals surface area contributed by atoms with E-state index >= 15 is 0 Å². The molecule has 4 heteroatoms. The van der Waals surface area contributed by atoms with E-state index in [-0.39, 0.29) is 19.2 Å². The van der Waals surface area contributed by atoms with Gasteiger partial charge in [0.05, 0.1) is 13.2 Å². The molecule has 0 spiro atoms. The second kappa shape index (κ2) is 51.5. The molecule has 0 fully saturated rings. The summed E-state index contributed by atoms with van der Waals surface area (Å²) in [6, 6.07) is 0. The number of carbonyl (C=O) groups is 1. The maximum Gasteiger partial charge on any atom is 0.306 e. The third-order valence-electron chi connectivity index (χ3n) is 10.4. The summed E-state index contributed by atoms with van der Waals surface area (Å²) in [4.78, 5) is 12.3. The summed E-state index contributed by atoms with van der Waals surface area (Å²) in [6.45, 7) is 5.18. The zero-order chi connectivity index (χ0) is 42.6. The molecule has 0 rings (SSSR count). The predicted molar refractivity (Wildman–Crippen MR) is 260 cm³/mol. The normalized spacial score (nSPS) is 13.2. The van der Waals surface area contributed by atoms with Crippen molar-refractivity contribution in [2.24, 2.45) is 0 Å². The van der Waals surface area contributed by atoms with Gasteiger partial charge in [-0.2, -0.15) is 0 Å². The molecule has 59 heavy (non-hydrogen) atoms. The summed E-state index contributed by atoms with van der Waals surface area (Å²) in [7, 11) is 0. The Hall–Kier alpha value is -2.69. The molecule has 4 nitrogen and oxygen atoms in total. The number of carbonyl (C=O) groups excluding carboxylic acids is 1. The van der Waals surface area contributed by atoms with E-state index in [1.165, 1.54) is 122 Å². The zero-order valence-corrected chi connectivity index (χ0v) is 38.7. The highest BCUT2D eigenvalue weighted by Crippen LogP contribution is 2.14. The van der Waals surface area contributed by atoms with Crippen LogP contribution in [-0.4, -0.2) is 37.0 Å². The minimum Gasteiger partial charge on any atom is -0.457 e. The van der Waals surface area contributed by atoms with E-state index in [9.17, 15) is 9.90 Å². The summed E-state index contributed by atoms with van der Waals surface area (Å²) >= 11 is 0. The van der Waals surface area contributed by atoms with Crippen LogP contribution in [0.15, 0.2) is 97.2 Å². The maximum atomic E-state index is 12.3. The van der Waals surface area contributed by atoms with E-state index < -0.39 is 6.10 Å². The summed E-state index contributed by atoms with van der Waals surface area (Å²) in [5, 5.41) is 9.65. The van der Waals surface area contributed by atoms with Crippen molar-refractivity contribution in [3.63, 3.8) is 0 Å². The van der Waals surface area contributed by atoms with Gasteiger partial charge in [-0.05, 0) is 96.3 Å². The molecular weight excluding hydrogens is 725 g/mol. The number of esters is 1. The second-order valence-corrected chi connectivity index (χ2v) is 16.2. The van der Waals surface area contributed by atoms with Crippen LogP contribution in [0.2, 0.25) is 0 Å². The summed E-state index contributed by atoms with van der Waals surface area (Å²) in [5.41, 5.74) is 0. The number of hydrogen-bond acceptors (Lipinski definition) is 4. The second-order valence-electron chi connectivity index (χ2n) is 16.2. The van der Waals surface area contributed by atoms with Crippen LogP contribution in [0.5, 0.6) is 0 Å². The van der Waals surface area contributed by atoms with Crippen LogP contribution in [0.3, 0.4) is 0 Å². The van der Waals surface area contributed by atoms with Crippen LogP contribution < -0.4 is 0 Å². The first-order chi connectivity index (χ1) is 29.2. The molecule has 0 aromatic carbocycles. The molecule has 1 unspecified atom stereocenters. The predicted octanol–water partition coefficient (Wildman–Crippen LogP) is 16.9. The molecule has 0 saturated heterocycles. The minimum absolute atomic E-state index is 0.185. The van der Waals surface area contributed by atoms with E-state index in [0.717, 1.165) is 77.0 Å². The first-order valence-electron chi connectivity index (χ1n) is 24.8. The van der Waals surface area contributed by atoms with Gasteiger partial charge in [-0.25, -0.2) is 0 Å². The Morgan fingerprint density at radius 3 is 1.15 bits per heavy atom. The summed E-state index contributed by atoms with van der Waals surface area (Å²) in [6.07, 6.45) is 73.4. The molecule has 0 aromatic heterocycles. The maximum absolute atomic E-state index is 12.3. The van der Waals surface area contributed by atoms with Gasteiger partial charge in [0.15, 0.2) is 0 Å². The Balaban J connectivity index is 3.50. The van der Waals surface area contributed by atoms with Crippen LogP contribution in [0.25, 0.3) is 0 Å². The first-order valence-corrected chi connectivity index (χ1v) is 24.8. The lowest BCUT2D eigenvalue weighted by atomic mass is 10.0. The standard InChI is InChI=1S/C55H94O4/c1-3-5-7-9-11-13-15-17-19-21-23-25-27-28-29-30-32-34-36-38-40-42-44-46-48-50-55(57)59-54(52-56)53-58-51-49-47-45-43-41-39-37-35-33-31-26-24-22-20-18-16-14-12-10-8-6-4-2/h6,8,12,14-15,17-18,20-21,23-24,26-28,33,35,54,56H,3-5,7,9-11,13,16,19,22,25,29-32,34,36-53H2,1-2H3/b8-6-,14-12-,17-15-,20-18-,23-21-,26-24-,28-27-,35-33-. The number of allylic oxidation sites excluding steroid dienone is 16. The zero-order valence-electron chi connectivity index (χ0n) is 38.7. The number of aliphatic hydroxyl groups excluding tert-OH is 1. The minimum atomic E-state index is -0.552. The molecule has 0 aromatic rings. The SMILES string of the molecule is CC/C=C\C/C=C\C/C=C\C/C=C\C/C=C\CCCCCCCCOCC(CO)OC(=O)CCCCCCCCCCCC/C=C\C/C=C\C/C=C\CCCCCCC. The molecule has 1 atom stereocenters. The molecule has 0 aliphatic heterocycles. The van der Waals surface area contributed by atoms with Crippen molar-refractivity contribution in [2.75, 3.05) is 19.8 Å². The molecule has 0 bridgehead atoms. The van der Waals surface area contributed by atoms with Crippen LogP contribution >= 0.6 is 0 Å². The fraction of sp³-hybridized carbons (Fsp3) is 0.691. The molecule has 0 aliphatic rings. The van der Waals surface area contributed by atoms with Crippen LogP contribution in [0.1, 0.15) is 219 Å². The van der Waals surface area contributed by atoms with Crippen molar-refractivity contribution >= 4 is 5.97 Å². The molecule has 0 radical (unpaired) electrons. The third-order valence-corrected chi connectivity index (χ3v) is 10.4. The van der Waals surface area contributed by atoms with Gasteiger partial charge in [0.1, 0.15) is 6.10 Å². The van der Waals surface area contributed by atoms with Gasteiger partial charge in [-0.3, -0.25) is 4.79 Å². The molecule has 1 N–H and O–H groups in total. The van der Waals surface area contributed by atoms with Crippen LogP contribution in [-0.2, 0) is 14.3 Å². The smallest absolute Gasteiger partial charge is 0.306 e. The number of aliphatic hydroxyl groups is 1. The number of hydrogen-bond donors (Lipinski definition) is 1. The lowest BCUT2D eigenvalue weighted by Gasteiger charge is -2.15. The van der Waals surface area contributed by atoms with Gasteiger partial charge in [-0.15, -0.1) is 0 Å². The first kappa shape index (κ1) is 56.3. The topological polar surface area (TPSA) is 55.8 Å². The lowest BCUT2D eigenvalue weighted by Crippen LogP contribution is -2.27. The highest BCUT2D eigenvalue weighted by molar-refractivity contribution is 5.69.